The zero-order chi connectivity index (χ0) is 27.4. The van der Waals surface area contributed by atoms with E-state index in [1.54, 1.807) is 7.11 Å². The van der Waals surface area contributed by atoms with Crippen LogP contribution in [0.15, 0.2) is 59.0 Å². The van der Waals surface area contributed by atoms with Gasteiger partial charge >= 0.3 is 0 Å². The van der Waals surface area contributed by atoms with Crippen molar-refractivity contribution in [2.24, 2.45) is 0 Å². The van der Waals surface area contributed by atoms with Crippen LogP contribution in [0.4, 0.5) is 0 Å². The molecule has 0 radical (unpaired) electrons. The number of aliphatic hydroxyl groups is 1. The van der Waals surface area contributed by atoms with Gasteiger partial charge in [0.15, 0.2) is 0 Å². The quantitative estimate of drug-likeness (QED) is 0.218. The van der Waals surface area contributed by atoms with Crippen LogP contribution in [0.1, 0.15) is 68.2 Å². The van der Waals surface area contributed by atoms with Gasteiger partial charge in [0.25, 0.3) is 11.7 Å². The summed E-state index contributed by atoms with van der Waals surface area (Å²) in [5, 5.41) is 11.3. The molecule has 0 bridgehead atoms. The molecule has 1 N–H and O–H groups in total. The first-order chi connectivity index (χ1) is 18.2. The number of methoxy groups -OCH3 is 1. The second kappa shape index (κ2) is 11.8. The maximum Gasteiger partial charge on any atom is 0.295 e. The number of piperidine rings is 1. The van der Waals surface area contributed by atoms with Crippen LogP contribution in [-0.2, 0) is 24.3 Å². The molecule has 2 heterocycles. The predicted molar refractivity (Wildman–Crippen MR) is 145 cm³/mol. The van der Waals surface area contributed by atoms with Crippen LogP contribution in [0, 0.1) is 0 Å². The van der Waals surface area contributed by atoms with Gasteiger partial charge in [-0.05, 0) is 60.6 Å². The Morgan fingerprint density at radius 3 is 2.21 bits per heavy atom. The fourth-order valence-corrected chi connectivity index (χ4v) is 6.61. The molecule has 1 atom stereocenters. The number of rotatable bonds is 9. The summed E-state index contributed by atoms with van der Waals surface area (Å²) in [4.78, 5) is 27.9. The van der Waals surface area contributed by atoms with Gasteiger partial charge in [-0.15, -0.1) is 0 Å². The van der Waals surface area contributed by atoms with Gasteiger partial charge < -0.3 is 14.7 Å². The van der Waals surface area contributed by atoms with Crippen LogP contribution in [0.5, 0.6) is 0 Å². The van der Waals surface area contributed by atoms with E-state index in [0.717, 1.165) is 30.4 Å². The SMILES string of the molecule is COCCCN1C(=O)C(=O)C(=C(O)c2ccc(S(=O)(=O)N3CCCCC3)cc2)C1c1ccc(C(C)C)cc1. The molecule has 9 heteroatoms. The molecule has 2 aromatic rings. The third-order valence-corrected chi connectivity index (χ3v) is 9.20. The zero-order valence-electron chi connectivity index (χ0n) is 22.2. The normalized spacial score (nSPS) is 20.4. The number of likely N-dealkylation sites (tertiary alicyclic amines) is 1. The molecule has 2 aliphatic heterocycles. The summed E-state index contributed by atoms with van der Waals surface area (Å²) in [5.74, 6) is -1.44. The smallest absolute Gasteiger partial charge is 0.295 e. The lowest BCUT2D eigenvalue weighted by atomic mass is 9.93. The molecule has 38 heavy (non-hydrogen) atoms. The Balaban J connectivity index is 1.72. The number of amides is 1. The van der Waals surface area contributed by atoms with Gasteiger partial charge in [0, 0.05) is 38.9 Å². The second-order valence-electron chi connectivity index (χ2n) is 10.1. The molecule has 1 unspecified atom stereocenters. The van der Waals surface area contributed by atoms with Crippen LogP contribution < -0.4 is 0 Å². The van der Waals surface area contributed by atoms with Gasteiger partial charge in [-0.25, -0.2) is 8.42 Å². The highest BCUT2D eigenvalue weighted by Crippen LogP contribution is 2.40. The summed E-state index contributed by atoms with van der Waals surface area (Å²) in [6.45, 7) is 5.87. The fourth-order valence-electron chi connectivity index (χ4n) is 5.09. The molecule has 8 nitrogen and oxygen atoms in total. The third kappa shape index (κ3) is 5.55. The predicted octanol–water partition coefficient (Wildman–Crippen LogP) is 4.44. The number of aliphatic hydroxyl groups excluding tert-OH is 1. The monoisotopic (exact) mass is 540 g/mol. The summed E-state index contributed by atoms with van der Waals surface area (Å²) in [5.41, 5.74) is 2.12. The van der Waals surface area contributed by atoms with Gasteiger partial charge in [0.1, 0.15) is 5.76 Å². The first kappa shape index (κ1) is 28.0. The lowest BCUT2D eigenvalue weighted by Gasteiger charge is -2.26. The van der Waals surface area contributed by atoms with E-state index in [0.29, 0.717) is 38.6 Å². The Bertz CT molecular complexity index is 1290. The second-order valence-corrected chi connectivity index (χ2v) is 12.1. The Morgan fingerprint density at radius 1 is 1.00 bits per heavy atom. The van der Waals surface area contributed by atoms with Crippen molar-refractivity contribution in [3.8, 4) is 0 Å². The lowest BCUT2D eigenvalue weighted by molar-refractivity contribution is -0.140. The maximum absolute atomic E-state index is 13.2. The molecule has 2 aliphatic rings. The molecule has 2 fully saturated rings. The minimum atomic E-state index is -3.64. The van der Waals surface area contributed by atoms with Crippen LogP contribution in [0.25, 0.3) is 5.76 Å². The van der Waals surface area contributed by atoms with E-state index >= 15 is 0 Å². The van der Waals surface area contributed by atoms with Gasteiger partial charge in [-0.2, -0.15) is 4.31 Å². The van der Waals surface area contributed by atoms with Crippen molar-refractivity contribution in [3.05, 3.63) is 70.8 Å². The molecule has 0 saturated carbocycles. The van der Waals surface area contributed by atoms with Crippen LogP contribution in [0.2, 0.25) is 0 Å². The van der Waals surface area contributed by atoms with Crippen LogP contribution in [-0.4, -0.2) is 67.8 Å². The zero-order valence-corrected chi connectivity index (χ0v) is 23.0. The lowest BCUT2D eigenvalue weighted by Crippen LogP contribution is -2.35. The van der Waals surface area contributed by atoms with E-state index in [4.69, 9.17) is 4.74 Å². The Hall–Kier alpha value is -3.01. The summed E-state index contributed by atoms with van der Waals surface area (Å²) in [6, 6.07) is 12.8. The van der Waals surface area contributed by atoms with Crippen LogP contribution in [0.3, 0.4) is 0 Å². The minimum absolute atomic E-state index is 0.00338. The number of carbonyl (C=O) groups is 2. The summed E-state index contributed by atoms with van der Waals surface area (Å²) >= 11 is 0. The Labute approximate surface area is 225 Å². The van der Waals surface area contributed by atoms with Crippen molar-refractivity contribution in [1.29, 1.82) is 0 Å². The number of benzene rings is 2. The van der Waals surface area contributed by atoms with E-state index in [2.05, 4.69) is 13.8 Å². The number of carbonyl (C=O) groups excluding carboxylic acids is 2. The molecule has 2 aromatic carbocycles. The number of ether oxygens (including phenoxy) is 1. The van der Waals surface area contributed by atoms with E-state index in [9.17, 15) is 23.1 Å². The van der Waals surface area contributed by atoms with Crippen molar-refractivity contribution in [3.63, 3.8) is 0 Å². The molecular formula is C29H36N2O6S. The number of ketones is 1. The largest absolute Gasteiger partial charge is 0.507 e. The first-order valence-electron chi connectivity index (χ1n) is 13.1. The van der Waals surface area contributed by atoms with E-state index in [1.165, 1.54) is 33.5 Å². The first-order valence-corrected chi connectivity index (χ1v) is 14.6. The van der Waals surface area contributed by atoms with Gasteiger partial charge in [0.05, 0.1) is 16.5 Å². The highest BCUT2D eigenvalue weighted by molar-refractivity contribution is 7.89. The average molecular weight is 541 g/mol. The maximum atomic E-state index is 13.2. The number of sulfonamides is 1. The van der Waals surface area contributed by atoms with Crippen molar-refractivity contribution >= 4 is 27.5 Å². The van der Waals surface area contributed by atoms with Crippen LogP contribution >= 0.6 is 0 Å². The molecular weight excluding hydrogens is 504 g/mol. The standard InChI is InChI=1S/C29H36N2O6S/c1-20(2)21-8-10-22(11-9-21)26-25(28(33)29(34)31(26)18-7-19-37-3)27(32)23-12-14-24(15-13-23)38(35,36)30-16-5-4-6-17-30/h8-15,20,26,32H,4-7,16-19H2,1-3H3. The van der Waals surface area contributed by atoms with Crippen molar-refractivity contribution in [2.75, 3.05) is 33.4 Å². The van der Waals surface area contributed by atoms with E-state index < -0.39 is 27.8 Å². The summed E-state index contributed by atoms with van der Waals surface area (Å²) in [7, 11) is -2.06. The molecule has 204 valence electrons. The minimum Gasteiger partial charge on any atom is -0.507 e. The van der Waals surface area contributed by atoms with Gasteiger partial charge in [-0.1, -0.05) is 44.5 Å². The number of nitrogens with zero attached hydrogens (tertiary/aromatic N) is 2. The topological polar surface area (TPSA) is 104 Å². The molecule has 0 aliphatic carbocycles. The highest BCUT2D eigenvalue weighted by atomic mass is 32.2. The Kier molecular flexibility index (Phi) is 8.70. The average Bonchev–Trinajstić information content (AvgIpc) is 3.18. The van der Waals surface area contributed by atoms with Gasteiger partial charge in [0.2, 0.25) is 10.0 Å². The number of hydrogen-bond donors (Lipinski definition) is 1. The molecule has 0 aromatic heterocycles. The van der Waals surface area contributed by atoms with E-state index in [-0.39, 0.29) is 21.8 Å². The Morgan fingerprint density at radius 2 is 1.63 bits per heavy atom. The highest BCUT2D eigenvalue weighted by Gasteiger charge is 2.45. The van der Waals surface area contributed by atoms with E-state index in [1.807, 2.05) is 24.3 Å². The number of hydrogen-bond acceptors (Lipinski definition) is 6. The van der Waals surface area contributed by atoms with Crippen molar-refractivity contribution < 1.29 is 27.9 Å². The third-order valence-electron chi connectivity index (χ3n) is 7.29. The fraction of sp³-hybridized carbons (Fsp3) is 0.448. The molecule has 2 saturated heterocycles. The van der Waals surface area contributed by atoms with Crippen molar-refractivity contribution in [2.45, 2.75) is 56.4 Å². The number of Topliss-reactive ketones (excluding diaryl/α,β-unsaturated/α-hetero) is 1. The van der Waals surface area contributed by atoms with Gasteiger partial charge in [-0.3, -0.25) is 9.59 Å². The molecule has 0 spiro atoms. The van der Waals surface area contributed by atoms with Crippen molar-refractivity contribution in [1.82, 2.24) is 9.21 Å². The molecule has 4 rings (SSSR count). The molecule has 1 amide bonds. The summed E-state index contributed by atoms with van der Waals surface area (Å²) < 4.78 is 32.7. The summed E-state index contributed by atoms with van der Waals surface area (Å²) in [6.07, 6.45) is 3.22.